The fraction of sp³-hybridized carbons (Fsp3) is 0.200. The van der Waals surface area contributed by atoms with Crippen LogP contribution in [-0.4, -0.2) is 11.1 Å². The minimum atomic E-state index is -0.0653. The Morgan fingerprint density at radius 1 is 1.64 bits per heavy atom. The maximum Gasteiger partial charge on any atom is 0.175 e. The smallest absolute Gasteiger partial charge is 0.175 e. The van der Waals surface area contributed by atoms with Crippen molar-refractivity contribution in [1.29, 1.82) is 5.26 Å². The molecule has 1 aromatic carbocycles. The predicted molar refractivity (Wildman–Crippen MR) is 58.4 cm³/mol. The van der Waals surface area contributed by atoms with E-state index in [1.165, 1.54) is 6.07 Å². The highest BCUT2D eigenvalue weighted by molar-refractivity contribution is 9.09. The van der Waals surface area contributed by atoms with Gasteiger partial charge in [-0.3, -0.25) is 4.79 Å². The maximum absolute atomic E-state index is 11.4. The Balaban J connectivity index is 3.34. The summed E-state index contributed by atoms with van der Waals surface area (Å²) in [5, 5.41) is 8.91. The van der Waals surface area contributed by atoms with Crippen LogP contribution in [0.4, 0.5) is 5.69 Å². The number of carbonyl (C=O) groups excluding carboxylic acids is 1. The Kier molecular flexibility index (Phi) is 3.26. The van der Waals surface area contributed by atoms with Gasteiger partial charge in [0.1, 0.15) is 0 Å². The highest BCUT2D eigenvalue weighted by Gasteiger charge is 2.12. The lowest BCUT2D eigenvalue weighted by Crippen LogP contribution is -2.07. The van der Waals surface area contributed by atoms with Crippen LogP contribution in [-0.2, 0) is 0 Å². The standard InChI is InChI=1S/C10H9BrN2O/c1-6-2-7(5-12)3-8(13)10(6)9(14)4-11/h2-3H,4,13H2,1H3. The van der Waals surface area contributed by atoms with Gasteiger partial charge in [-0.2, -0.15) is 5.26 Å². The summed E-state index contributed by atoms with van der Waals surface area (Å²) in [6, 6.07) is 5.17. The van der Waals surface area contributed by atoms with Crippen molar-refractivity contribution in [2.45, 2.75) is 6.92 Å². The zero-order valence-electron chi connectivity index (χ0n) is 7.67. The number of nitrogen functional groups attached to an aromatic ring is 1. The number of Topliss-reactive ketones (excluding diaryl/α,β-unsaturated/α-hetero) is 1. The number of ketones is 1. The Labute approximate surface area is 90.7 Å². The number of benzene rings is 1. The topological polar surface area (TPSA) is 66.9 Å². The molecule has 0 aromatic heterocycles. The minimum absolute atomic E-state index is 0.0653. The van der Waals surface area contributed by atoms with Crippen LogP contribution in [0.15, 0.2) is 12.1 Å². The van der Waals surface area contributed by atoms with E-state index in [0.717, 1.165) is 5.56 Å². The normalized spacial score (nSPS) is 9.50. The first kappa shape index (κ1) is 10.7. The molecular weight excluding hydrogens is 244 g/mol. The van der Waals surface area contributed by atoms with Crippen molar-refractivity contribution in [1.82, 2.24) is 0 Å². The molecular formula is C10H9BrN2O. The van der Waals surface area contributed by atoms with Gasteiger partial charge in [0.15, 0.2) is 5.78 Å². The largest absolute Gasteiger partial charge is 0.398 e. The molecule has 0 radical (unpaired) electrons. The Hall–Kier alpha value is -1.34. The highest BCUT2D eigenvalue weighted by atomic mass is 79.9. The molecule has 2 N–H and O–H groups in total. The van der Waals surface area contributed by atoms with Gasteiger partial charge >= 0.3 is 0 Å². The number of nitrogens with zero attached hydrogens (tertiary/aromatic N) is 1. The van der Waals surface area contributed by atoms with Crippen molar-refractivity contribution in [3.8, 4) is 6.07 Å². The minimum Gasteiger partial charge on any atom is -0.398 e. The van der Waals surface area contributed by atoms with E-state index >= 15 is 0 Å². The van der Waals surface area contributed by atoms with E-state index in [1.807, 2.05) is 6.07 Å². The van der Waals surface area contributed by atoms with Gasteiger partial charge in [-0.15, -0.1) is 0 Å². The molecule has 0 amide bonds. The average Bonchev–Trinajstić information content (AvgIpc) is 2.16. The lowest BCUT2D eigenvalue weighted by molar-refractivity contribution is 0.102. The van der Waals surface area contributed by atoms with Crippen molar-refractivity contribution in [2.24, 2.45) is 0 Å². The number of rotatable bonds is 2. The second-order valence-electron chi connectivity index (χ2n) is 2.93. The van der Waals surface area contributed by atoms with Crippen LogP contribution < -0.4 is 5.73 Å². The predicted octanol–water partition coefficient (Wildman–Crippen LogP) is 2.03. The van der Waals surface area contributed by atoms with E-state index in [1.54, 1.807) is 13.0 Å². The molecule has 0 heterocycles. The summed E-state index contributed by atoms with van der Waals surface area (Å²) in [4.78, 5) is 11.4. The van der Waals surface area contributed by atoms with Crippen LogP contribution in [0.3, 0.4) is 0 Å². The molecule has 1 aromatic rings. The Morgan fingerprint density at radius 3 is 2.71 bits per heavy atom. The zero-order valence-corrected chi connectivity index (χ0v) is 9.26. The van der Waals surface area contributed by atoms with Gasteiger partial charge in [-0.1, -0.05) is 15.9 Å². The molecule has 0 fully saturated rings. The summed E-state index contributed by atoms with van der Waals surface area (Å²) in [5.41, 5.74) is 7.77. The first-order valence-corrected chi connectivity index (χ1v) is 5.11. The number of carbonyl (C=O) groups is 1. The quantitative estimate of drug-likeness (QED) is 0.498. The number of hydrogen-bond donors (Lipinski definition) is 1. The first-order chi connectivity index (χ1) is 6.60. The van der Waals surface area contributed by atoms with Crippen molar-refractivity contribution in [2.75, 3.05) is 11.1 Å². The van der Waals surface area contributed by atoms with Crippen LogP contribution in [0.25, 0.3) is 0 Å². The molecule has 0 saturated heterocycles. The van der Waals surface area contributed by atoms with E-state index < -0.39 is 0 Å². The summed E-state index contributed by atoms with van der Waals surface area (Å²) in [7, 11) is 0. The molecule has 0 aliphatic heterocycles. The van der Waals surface area contributed by atoms with Crippen molar-refractivity contribution in [3.05, 3.63) is 28.8 Å². The van der Waals surface area contributed by atoms with Gasteiger partial charge < -0.3 is 5.73 Å². The van der Waals surface area contributed by atoms with Crippen molar-refractivity contribution < 1.29 is 4.79 Å². The third kappa shape index (κ3) is 1.94. The molecule has 4 heteroatoms. The van der Waals surface area contributed by atoms with Gasteiger partial charge in [0, 0.05) is 11.3 Å². The summed E-state index contributed by atoms with van der Waals surface area (Å²) in [6.45, 7) is 1.77. The van der Waals surface area contributed by atoms with E-state index in [0.29, 0.717) is 16.8 Å². The number of hydrogen-bond acceptors (Lipinski definition) is 3. The molecule has 0 aliphatic carbocycles. The van der Waals surface area contributed by atoms with Gasteiger partial charge in [-0.05, 0) is 24.6 Å². The number of halogens is 1. The van der Waals surface area contributed by atoms with Gasteiger partial charge in [0.05, 0.1) is 17.0 Å². The molecule has 3 nitrogen and oxygen atoms in total. The maximum atomic E-state index is 11.4. The molecule has 0 bridgehead atoms. The molecule has 0 saturated carbocycles. The van der Waals surface area contributed by atoms with E-state index in [2.05, 4.69) is 15.9 Å². The van der Waals surface area contributed by atoms with Crippen LogP contribution >= 0.6 is 15.9 Å². The van der Waals surface area contributed by atoms with Crippen molar-refractivity contribution in [3.63, 3.8) is 0 Å². The number of nitrogens with two attached hydrogens (primary N) is 1. The average molecular weight is 253 g/mol. The number of nitriles is 1. The number of anilines is 1. The summed E-state index contributed by atoms with van der Waals surface area (Å²) in [6.07, 6.45) is 0. The molecule has 0 unspecified atom stereocenters. The zero-order chi connectivity index (χ0) is 10.7. The van der Waals surface area contributed by atoms with E-state index in [9.17, 15) is 4.79 Å². The molecule has 72 valence electrons. The Morgan fingerprint density at radius 2 is 2.29 bits per heavy atom. The lowest BCUT2D eigenvalue weighted by atomic mass is 10.0. The highest BCUT2D eigenvalue weighted by Crippen LogP contribution is 2.20. The van der Waals surface area contributed by atoms with Crippen LogP contribution in [0.1, 0.15) is 21.5 Å². The molecule has 0 aliphatic rings. The SMILES string of the molecule is Cc1cc(C#N)cc(N)c1C(=O)CBr. The molecule has 14 heavy (non-hydrogen) atoms. The van der Waals surface area contributed by atoms with Gasteiger partial charge in [0.2, 0.25) is 0 Å². The summed E-state index contributed by atoms with van der Waals surface area (Å²) < 4.78 is 0. The van der Waals surface area contributed by atoms with Gasteiger partial charge in [-0.25, -0.2) is 0 Å². The Bertz CT molecular complexity index is 398. The van der Waals surface area contributed by atoms with Crippen LogP contribution in [0.5, 0.6) is 0 Å². The molecule has 1 rings (SSSR count). The number of aryl methyl sites for hydroxylation is 1. The van der Waals surface area contributed by atoms with Gasteiger partial charge in [0.25, 0.3) is 0 Å². The summed E-state index contributed by atoms with van der Waals surface area (Å²) >= 11 is 3.09. The summed E-state index contributed by atoms with van der Waals surface area (Å²) in [5.74, 6) is -0.0653. The monoisotopic (exact) mass is 252 g/mol. The third-order valence-corrected chi connectivity index (χ3v) is 2.40. The van der Waals surface area contributed by atoms with Crippen LogP contribution in [0.2, 0.25) is 0 Å². The van der Waals surface area contributed by atoms with E-state index in [-0.39, 0.29) is 11.1 Å². The van der Waals surface area contributed by atoms with Crippen LogP contribution in [0, 0.1) is 18.3 Å². The third-order valence-electron chi connectivity index (χ3n) is 1.90. The fourth-order valence-electron chi connectivity index (χ4n) is 1.33. The second kappa shape index (κ2) is 4.25. The lowest BCUT2D eigenvalue weighted by Gasteiger charge is -2.07. The first-order valence-electron chi connectivity index (χ1n) is 3.99. The molecule has 0 spiro atoms. The van der Waals surface area contributed by atoms with E-state index in [4.69, 9.17) is 11.0 Å². The van der Waals surface area contributed by atoms with Crippen molar-refractivity contribution >= 4 is 27.4 Å². The fourth-order valence-corrected chi connectivity index (χ4v) is 1.61. The number of alkyl halides is 1. The molecule has 0 atom stereocenters. The second-order valence-corrected chi connectivity index (χ2v) is 3.49.